The second-order valence-electron chi connectivity index (χ2n) is 6.41. The number of anilines is 1. The molecular formula is C21H18N2O2. The van der Waals surface area contributed by atoms with Crippen LogP contribution in [0.5, 0.6) is 0 Å². The molecule has 1 amide bonds. The number of allylic oxidation sites excluding steroid dienone is 2. The lowest BCUT2D eigenvalue weighted by atomic mass is 9.62. The number of hydrazone groups is 1. The molecule has 0 unspecified atom stereocenters. The van der Waals surface area contributed by atoms with Crippen LogP contribution in [0.15, 0.2) is 77.9 Å². The Morgan fingerprint density at radius 3 is 2.32 bits per heavy atom. The SMILES string of the molecule is CC1=NN(c2ccccc2)C(=O)[C@@]12C(=O)C=CC[C@@H]2c1ccccc1. The first-order chi connectivity index (χ1) is 12.2. The van der Waals surface area contributed by atoms with Crippen LogP contribution in [0.1, 0.15) is 24.8 Å². The predicted molar refractivity (Wildman–Crippen MR) is 97.4 cm³/mol. The molecule has 0 fully saturated rings. The molecule has 1 heterocycles. The molecule has 0 aromatic heterocycles. The van der Waals surface area contributed by atoms with Gasteiger partial charge < -0.3 is 0 Å². The standard InChI is InChI=1S/C21H18N2O2/c1-15-21(20(25)23(22-15)17-11-6-3-7-12-17)18(13-8-14-19(21)24)16-9-4-2-5-10-16/h2-12,14,18H,13H2,1H3/t18-,21+/m1/s1. The van der Waals surface area contributed by atoms with E-state index in [9.17, 15) is 9.59 Å². The molecule has 2 aliphatic rings. The van der Waals surface area contributed by atoms with Gasteiger partial charge >= 0.3 is 0 Å². The molecule has 1 spiro atoms. The fraction of sp³-hybridized carbons (Fsp3) is 0.190. The van der Waals surface area contributed by atoms with Crippen molar-refractivity contribution in [2.75, 3.05) is 5.01 Å². The molecule has 0 radical (unpaired) electrons. The van der Waals surface area contributed by atoms with E-state index in [1.165, 1.54) is 11.1 Å². The minimum absolute atomic E-state index is 0.183. The third kappa shape index (κ3) is 2.18. The van der Waals surface area contributed by atoms with Crippen molar-refractivity contribution in [2.45, 2.75) is 19.3 Å². The van der Waals surface area contributed by atoms with Crippen molar-refractivity contribution >= 4 is 23.1 Å². The number of nitrogens with zero attached hydrogens (tertiary/aromatic N) is 2. The fourth-order valence-corrected chi connectivity index (χ4v) is 3.89. The van der Waals surface area contributed by atoms with Gasteiger partial charge in [-0.05, 0) is 37.1 Å². The highest BCUT2D eigenvalue weighted by Gasteiger charge is 2.60. The van der Waals surface area contributed by atoms with Crippen molar-refractivity contribution in [3.63, 3.8) is 0 Å². The molecule has 124 valence electrons. The van der Waals surface area contributed by atoms with Crippen LogP contribution in [-0.2, 0) is 9.59 Å². The zero-order chi connectivity index (χ0) is 17.4. The van der Waals surface area contributed by atoms with Crippen molar-refractivity contribution < 1.29 is 9.59 Å². The third-order valence-electron chi connectivity index (χ3n) is 5.11. The quantitative estimate of drug-likeness (QED) is 0.788. The number of carbonyl (C=O) groups excluding carboxylic acids is 2. The largest absolute Gasteiger partial charge is 0.293 e. The fourth-order valence-electron chi connectivity index (χ4n) is 3.89. The first-order valence-corrected chi connectivity index (χ1v) is 8.37. The van der Waals surface area contributed by atoms with Crippen molar-refractivity contribution in [1.29, 1.82) is 0 Å². The summed E-state index contributed by atoms with van der Waals surface area (Å²) in [6.45, 7) is 1.79. The van der Waals surface area contributed by atoms with Gasteiger partial charge in [0.25, 0.3) is 5.91 Å². The lowest BCUT2D eigenvalue weighted by Crippen LogP contribution is -2.50. The first kappa shape index (κ1) is 15.5. The van der Waals surface area contributed by atoms with Crippen LogP contribution in [-0.4, -0.2) is 17.4 Å². The van der Waals surface area contributed by atoms with Gasteiger partial charge in [-0.25, -0.2) is 0 Å². The minimum Gasteiger partial charge on any atom is -0.293 e. The van der Waals surface area contributed by atoms with Crippen LogP contribution in [0.3, 0.4) is 0 Å². The van der Waals surface area contributed by atoms with Gasteiger partial charge in [-0.1, -0.05) is 54.6 Å². The Kier molecular flexibility index (Phi) is 3.61. The number of amides is 1. The lowest BCUT2D eigenvalue weighted by molar-refractivity contribution is -0.134. The van der Waals surface area contributed by atoms with E-state index < -0.39 is 5.41 Å². The molecule has 2 atom stereocenters. The summed E-state index contributed by atoms with van der Waals surface area (Å²) < 4.78 is 0. The van der Waals surface area contributed by atoms with E-state index in [-0.39, 0.29) is 17.6 Å². The van der Waals surface area contributed by atoms with E-state index in [1.54, 1.807) is 6.92 Å². The lowest BCUT2D eigenvalue weighted by Gasteiger charge is -2.36. The van der Waals surface area contributed by atoms with E-state index in [4.69, 9.17) is 0 Å². The Balaban J connectivity index is 1.86. The number of ketones is 1. The summed E-state index contributed by atoms with van der Waals surface area (Å²) in [5, 5.41) is 5.87. The number of hydrogen-bond acceptors (Lipinski definition) is 3. The topological polar surface area (TPSA) is 49.7 Å². The molecule has 0 bridgehead atoms. The Morgan fingerprint density at radius 2 is 1.64 bits per heavy atom. The summed E-state index contributed by atoms with van der Waals surface area (Å²) in [5.74, 6) is -0.687. The highest BCUT2D eigenvalue weighted by atomic mass is 16.2. The zero-order valence-corrected chi connectivity index (χ0v) is 13.9. The van der Waals surface area contributed by atoms with E-state index in [0.717, 1.165) is 5.56 Å². The van der Waals surface area contributed by atoms with E-state index in [0.29, 0.717) is 17.8 Å². The van der Waals surface area contributed by atoms with Gasteiger partial charge in [0, 0.05) is 5.92 Å². The van der Waals surface area contributed by atoms with Gasteiger partial charge in [0.1, 0.15) is 0 Å². The van der Waals surface area contributed by atoms with Crippen LogP contribution in [0.4, 0.5) is 5.69 Å². The van der Waals surface area contributed by atoms with Gasteiger partial charge in [0.2, 0.25) is 0 Å². The molecule has 2 aromatic carbocycles. The summed E-state index contributed by atoms with van der Waals surface area (Å²) in [4.78, 5) is 26.4. The van der Waals surface area contributed by atoms with Crippen LogP contribution < -0.4 is 5.01 Å². The summed E-state index contributed by atoms with van der Waals surface area (Å²) in [7, 11) is 0. The smallest absolute Gasteiger partial charge is 0.267 e. The van der Waals surface area contributed by atoms with E-state index in [1.807, 2.05) is 66.7 Å². The van der Waals surface area contributed by atoms with Crippen molar-refractivity contribution in [2.24, 2.45) is 10.5 Å². The molecule has 0 saturated carbocycles. The molecule has 1 aliphatic heterocycles. The molecule has 0 N–H and O–H groups in total. The van der Waals surface area contributed by atoms with E-state index >= 15 is 0 Å². The summed E-state index contributed by atoms with van der Waals surface area (Å²) >= 11 is 0. The third-order valence-corrected chi connectivity index (χ3v) is 5.11. The molecule has 25 heavy (non-hydrogen) atoms. The van der Waals surface area contributed by atoms with Gasteiger partial charge in [-0.3, -0.25) is 9.59 Å². The van der Waals surface area contributed by atoms with Gasteiger partial charge in [0.15, 0.2) is 11.2 Å². The average Bonchev–Trinajstić information content (AvgIpc) is 2.91. The number of hydrogen-bond donors (Lipinski definition) is 0. The van der Waals surface area contributed by atoms with Crippen molar-refractivity contribution in [3.8, 4) is 0 Å². The van der Waals surface area contributed by atoms with Crippen LogP contribution in [0.25, 0.3) is 0 Å². The normalized spacial score (nSPS) is 25.6. The molecule has 1 aliphatic carbocycles. The predicted octanol–water partition coefficient (Wildman–Crippen LogP) is 3.71. The first-order valence-electron chi connectivity index (χ1n) is 8.37. The Labute approximate surface area is 146 Å². The number of benzene rings is 2. The maximum Gasteiger partial charge on any atom is 0.267 e. The molecular weight excluding hydrogens is 312 g/mol. The number of rotatable bonds is 2. The highest BCUT2D eigenvalue weighted by Crippen LogP contribution is 2.48. The molecule has 0 saturated heterocycles. The molecule has 4 heteroatoms. The van der Waals surface area contributed by atoms with Crippen molar-refractivity contribution in [3.05, 3.63) is 78.4 Å². The second-order valence-corrected chi connectivity index (χ2v) is 6.41. The Bertz CT molecular complexity index is 887. The highest BCUT2D eigenvalue weighted by molar-refractivity contribution is 6.34. The average molecular weight is 330 g/mol. The summed E-state index contributed by atoms with van der Waals surface area (Å²) in [6.07, 6.45) is 4.03. The maximum atomic E-state index is 13.4. The zero-order valence-electron chi connectivity index (χ0n) is 13.9. The van der Waals surface area contributed by atoms with Gasteiger partial charge in [-0.15, -0.1) is 0 Å². The minimum atomic E-state index is -1.24. The van der Waals surface area contributed by atoms with Gasteiger partial charge in [0.05, 0.1) is 11.4 Å². The summed E-state index contributed by atoms with van der Waals surface area (Å²) in [5.41, 5.74) is 0.979. The maximum absolute atomic E-state index is 13.4. The number of carbonyl (C=O) groups is 2. The summed E-state index contributed by atoms with van der Waals surface area (Å²) in [6, 6.07) is 19.0. The van der Waals surface area contributed by atoms with Crippen LogP contribution in [0.2, 0.25) is 0 Å². The Morgan fingerprint density at radius 1 is 1.00 bits per heavy atom. The van der Waals surface area contributed by atoms with Gasteiger partial charge in [-0.2, -0.15) is 10.1 Å². The molecule has 2 aromatic rings. The second kappa shape index (κ2) is 5.81. The molecule has 4 nitrogen and oxygen atoms in total. The Hall–Kier alpha value is -3.01. The monoisotopic (exact) mass is 330 g/mol. The van der Waals surface area contributed by atoms with Crippen LogP contribution in [0, 0.1) is 5.41 Å². The van der Waals surface area contributed by atoms with E-state index in [2.05, 4.69) is 5.10 Å². The van der Waals surface area contributed by atoms with Crippen molar-refractivity contribution in [1.82, 2.24) is 0 Å². The van der Waals surface area contributed by atoms with Crippen LogP contribution >= 0.6 is 0 Å². The number of para-hydroxylation sites is 1. The molecule has 4 rings (SSSR count).